The summed E-state index contributed by atoms with van der Waals surface area (Å²) in [5.74, 6) is 0.0541. The number of hydrogen-bond donors (Lipinski definition) is 0. The van der Waals surface area contributed by atoms with Crippen LogP contribution in [0.3, 0.4) is 0 Å². The Morgan fingerprint density at radius 3 is 2.80 bits per heavy atom. The number of likely N-dealkylation sites (tertiary alicyclic amines) is 1. The van der Waals surface area contributed by atoms with Crippen molar-refractivity contribution < 1.29 is 4.79 Å². The summed E-state index contributed by atoms with van der Waals surface area (Å²) in [6.45, 7) is 5.48. The molecule has 0 radical (unpaired) electrons. The molecule has 1 saturated heterocycles. The van der Waals surface area contributed by atoms with Gasteiger partial charge in [-0.3, -0.25) is 4.79 Å². The molecule has 3 rings (SSSR count). The molecule has 1 atom stereocenters. The zero-order chi connectivity index (χ0) is 17.8. The Balaban J connectivity index is 1.75. The smallest absolute Gasteiger partial charge is 0.246 e. The number of benzene rings is 1. The Kier molecular flexibility index (Phi) is 5.59. The molecule has 0 saturated carbocycles. The van der Waals surface area contributed by atoms with Crippen molar-refractivity contribution >= 4 is 23.6 Å². The largest absolute Gasteiger partial charge is 0.336 e. The molecule has 1 aromatic carbocycles. The van der Waals surface area contributed by atoms with E-state index in [9.17, 15) is 4.79 Å². The van der Waals surface area contributed by atoms with E-state index in [0.717, 1.165) is 36.2 Å². The Morgan fingerprint density at radius 1 is 1.32 bits per heavy atom. The van der Waals surface area contributed by atoms with Gasteiger partial charge in [0, 0.05) is 24.2 Å². The van der Waals surface area contributed by atoms with Gasteiger partial charge in [-0.25, -0.2) is 4.68 Å². The van der Waals surface area contributed by atoms with E-state index in [0.29, 0.717) is 17.7 Å². The van der Waals surface area contributed by atoms with Crippen molar-refractivity contribution in [1.29, 1.82) is 0 Å². The number of nitrogens with zero attached hydrogens (tertiary/aromatic N) is 3. The number of carbonyl (C=O) groups excluding carboxylic acids is 1. The lowest BCUT2D eigenvalue weighted by molar-refractivity contribution is -0.129. The molecule has 2 heterocycles. The van der Waals surface area contributed by atoms with E-state index in [-0.39, 0.29) is 5.91 Å². The molecule has 0 bridgehead atoms. The van der Waals surface area contributed by atoms with Gasteiger partial charge in [-0.15, -0.1) is 0 Å². The monoisotopic (exact) mass is 357 g/mol. The topological polar surface area (TPSA) is 38.1 Å². The van der Waals surface area contributed by atoms with E-state index in [1.54, 1.807) is 16.8 Å². The zero-order valence-corrected chi connectivity index (χ0v) is 15.5. The summed E-state index contributed by atoms with van der Waals surface area (Å²) >= 11 is 6.50. The van der Waals surface area contributed by atoms with Gasteiger partial charge in [0.05, 0.1) is 12.2 Å². The minimum absolute atomic E-state index is 0.0541. The van der Waals surface area contributed by atoms with Crippen LogP contribution in [0.15, 0.2) is 36.4 Å². The molecule has 5 heteroatoms. The van der Waals surface area contributed by atoms with Crippen LogP contribution in [-0.4, -0.2) is 33.2 Å². The highest BCUT2D eigenvalue weighted by Crippen LogP contribution is 2.23. The summed E-state index contributed by atoms with van der Waals surface area (Å²) in [5.41, 5.74) is 2.79. The molecule has 1 amide bonds. The van der Waals surface area contributed by atoms with Crippen LogP contribution < -0.4 is 0 Å². The van der Waals surface area contributed by atoms with Crippen LogP contribution in [0.2, 0.25) is 5.15 Å². The molecule has 4 nitrogen and oxygen atoms in total. The zero-order valence-electron chi connectivity index (χ0n) is 14.8. The molecule has 1 fully saturated rings. The second kappa shape index (κ2) is 7.87. The highest BCUT2D eigenvalue weighted by Gasteiger charge is 2.21. The second-order valence-electron chi connectivity index (χ2n) is 6.64. The molecule has 25 heavy (non-hydrogen) atoms. The van der Waals surface area contributed by atoms with Gasteiger partial charge in [0.2, 0.25) is 5.91 Å². The third kappa shape index (κ3) is 4.13. The summed E-state index contributed by atoms with van der Waals surface area (Å²) in [4.78, 5) is 14.4. The lowest BCUT2D eigenvalue weighted by Gasteiger charge is -2.32. The highest BCUT2D eigenvalue weighted by atomic mass is 35.5. The molecule has 132 valence electrons. The number of rotatable bonds is 4. The minimum Gasteiger partial charge on any atom is -0.336 e. The molecular formula is C20H24ClN3O. The average Bonchev–Trinajstić information content (AvgIpc) is 2.87. The normalized spacial score (nSPS) is 18.0. The fourth-order valence-corrected chi connectivity index (χ4v) is 3.59. The number of carbonyl (C=O) groups is 1. The Hall–Kier alpha value is -2.07. The number of hydrogen-bond acceptors (Lipinski definition) is 2. The summed E-state index contributed by atoms with van der Waals surface area (Å²) in [6, 6.07) is 10.4. The van der Waals surface area contributed by atoms with Crippen molar-refractivity contribution in [3.05, 3.63) is 58.4 Å². The maximum atomic E-state index is 12.5. The predicted octanol–water partition coefficient (Wildman–Crippen LogP) is 4.31. The van der Waals surface area contributed by atoms with Crippen molar-refractivity contribution in [2.45, 2.75) is 45.7 Å². The summed E-state index contributed by atoms with van der Waals surface area (Å²) in [5, 5.41) is 5.09. The number of piperidine rings is 1. The van der Waals surface area contributed by atoms with Crippen molar-refractivity contribution in [2.24, 2.45) is 0 Å². The molecule has 1 aromatic heterocycles. The summed E-state index contributed by atoms with van der Waals surface area (Å²) < 4.78 is 1.78. The van der Waals surface area contributed by atoms with Crippen LogP contribution in [0.25, 0.3) is 6.08 Å². The van der Waals surface area contributed by atoms with Crippen LogP contribution in [0, 0.1) is 6.92 Å². The van der Waals surface area contributed by atoms with E-state index in [1.807, 2.05) is 42.2 Å². The van der Waals surface area contributed by atoms with Crippen molar-refractivity contribution in [3.8, 4) is 0 Å². The predicted molar refractivity (Wildman–Crippen MR) is 102 cm³/mol. The van der Waals surface area contributed by atoms with Crippen LogP contribution >= 0.6 is 11.6 Å². The molecule has 1 aliphatic heterocycles. The van der Waals surface area contributed by atoms with E-state index in [4.69, 9.17) is 11.6 Å². The van der Waals surface area contributed by atoms with E-state index < -0.39 is 0 Å². The standard InChI is InChI=1S/C20H24ClN3O/c1-15-8-6-7-13-23(15)19(25)12-11-18-16(2)22-24(20(18)21)14-17-9-4-3-5-10-17/h3-5,9-12,15H,6-8,13-14H2,1-2H3. The maximum absolute atomic E-state index is 12.5. The van der Waals surface area contributed by atoms with Crippen LogP contribution in [0.4, 0.5) is 0 Å². The van der Waals surface area contributed by atoms with Crippen LogP contribution in [0.5, 0.6) is 0 Å². The third-order valence-electron chi connectivity index (χ3n) is 4.76. The van der Waals surface area contributed by atoms with Gasteiger partial charge in [-0.1, -0.05) is 41.9 Å². The van der Waals surface area contributed by atoms with Crippen molar-refractivity contribution in [1.82, 2.24) is 14.7 Å². The molecule has 0 aliphatic carbocycles. The summed E-state index contributed by atoms with van der Waals surface area (Å²) in [7, 11) is 0. The molecule has 1 aliphatic rings. The number of aromatic nitrogens is 2. The Labute approximate surface area is 154 Å². The minimum atomic E-state index is 0.0541. The lowest BCUT2D eigenvalue weighted by atomic mass is 10.0. The maximum Gasteiger partial charge on any atom is 0.246 e. The first kappa shape index (κ1) is 17.7. The second-order valence-corrected chi connectivity index (χ2v) is 7.00. The number of aryl methyl sites for hydroxylation is 1. The fourth-order valence-electron chi connectivity index (χ4n) is 3.29. The van der Waals surface area contributed by atoms with Gasteiger partial charge in [0.1, 0.15) is 5.15 Å². The first-order valence-electron chi connectivity index (χ1n) is 8.82. The first-order valence-corrected chi connectivity index (χ1v) is 9.19. The Bertz CT molecular complexity index is 767. The van der Waals surface area contributed by atoms with E-state index >= 15 is 0 Å². The SMILES string of the molecule is Cc1nn(Cc2ccccc2)c(Cl)c1C=CC(=O)N1CCCCC1C. The molecule has 1 unspecified atom stereocenters. The fraction of sp³-hybridized carbons (Fsp3) is 0.400. The van der Waals surface area contributed by atoms with Crippen LogP contribution in [-0.2, 0) is 11.3 Å². The first-order chi connectivity index (χ1) is 12.1. The van der Waals surface area contributed by atoms with Gasteiger partial charge in [-0.05, 0) is 44.7 Å². The molecule has 2 aromatic rings. The van der Waals surface area contributed by atoms with E-state index in [2.05, 4.69) is 12.0 Å². The van der Waals surface area contributed by atoms with Gasteiger partial charge < -0.3 is 4.90 Å². The Morgan fingerprint density at radius 2 is 2.08 bits per heavy atom. The molecule has 0 N–H and O–H groups in total. The molecule has 0 spiro atoms. The van der Waals surface area contributed by atoms with E-state index in [1.165, 1.54) is 6.42 Å². The molecular weight excluding hydrogens is 334 g/mol. The van der Waals surface area contributed by atoms with Gasteiger partial charge >= 0.3 is 0 Å². The highest BCUT2D eigenvalue weighted by molar-refractivity contribution is 6.31. The number of halogens is 1. The average molecular weight is 358 g/mol. The van der Waals surface area contributed by atoms with Crippen molar-refractivity contribution in [2.75, 3.05) is 6.54 Å². The van der Waals surface area contributed by atoms with Gasteiger partial charge in [0.15, 0.2) is 0 Å². The van der Waals surface area contributed by atoms with Gasteiger partial charge in [-0.2, -0.15) is 5.10 Å². The quantitative estimate of drug-likeness (QED) is 0.765. The summed E-state index contributed by atoms with van der Waals surface area (Å²) in [6.07, 6.45) is 6.79. The van der Waals surface area contributed by atoms with Crippen molar-refractivity contribution in [3.63, 3.8) is 0 Å². The third-order valence-corrected chi connectivity index (χ3v) is 5.16. The van der Waals surface area contributed by atoms with Gasteiger partial charge in [0.25, 0.3) is 0 Å². The van der Waals surface area contributed by atoms with Crippen LogP contribution in [0.1, 0.15) is 43.0 Å². The lowest BCUT2D eigenvalue weighted by Crippen LogP contribution is -2.41. The number of amides is 1.